The van der Waals surface area contributed by atoms with Crippen LogP contribution in [0, 0.1) is 23.1 Å². The fourth-order valence-corrected chi connectivity index (χ4v) is 2.92. The second-order valence-corrected chi connectivity index (χ2v) is 6.01. The summed E-state index contributed by atoms with van der Waals surface area (Å²) in [7, 11) is 1.78. The highest BCUT2D eigenvalue weighted by molar-refractivity contribution is 5.82. The van der Waals surface area contributed by atoms with Crippen molar-refractivity contribution in [2.45, 2.75) is 18.9 Å². The summed E-state index contributed by atoms with van der Waals surface area (Å²) >= 11 is 0. The van der Waals surface area contributed by atoms with E-state index in [9.17, 15) is 9.18 Å². The fourth-order valence-electron chi connectivity index (χ4n) is 2.92. The van der Waals surface area contributed by atoms with Gasteiger partial charge in [0.1, 0.15) is 5.82 Å². The lowest BCUT2D eigenvalue weighted by molar-refractivity contribution is -0.131. The van der Waals surface area contributed by atoms with Crippen LogP contribution >= 0.6 is 0 Å². The third-order valence-electron chi connectivity index (χ3n) is 4.26. The first-order valence-corrected chi connectivity index (χ1v) is 7.58. The van der Waals surface area contributed by atoms with Crippen LogP contribution in [0.15, 0.2) is 48.5 Å². The molecule has 0 spiro atoms. The van der Waals surface area contributed by atoms with Gasteiger partial charge in [0.05, 0.1) is 11.6 Å². The predicted molar refractivity (Wildman–Crippen MR) is 84.9 cm³/mol. The zero-order valence-electron chi connectivity index (χ0n) is 12.9. The molecular formula is C19H17FN2O. The molecule has 2 unspecified atom stereocenters. The number of nitriles is 1. The van der Waals surface area contributed by atoms with Crippen molar-refractivity contribution in [3.8, 4) is 6.07 Å². The van der Waals surface area contributed by atoms with Crippen molar-refractivity contribution < 1.29 is 9.18 Å². The van der Waals surface area contributed by atoms with Crippen LogP contribution in [-0.2, 0) is 11.3 Å². The van der Waals surface area contributed by atoms with Crippen LogP contribution in [0.25, 0.3) is 0 Å². The molecule has 0 heterocycles. The number of carbonyl (C=O) groups excluding carboxylic acids is 1. The number of hydrogen-bond acceptors (Lipinski definition) is 2. The van der Waals surface area contributed by atoms with E-state index in [1.165, 1.54) is 12.1 Å². The van der Waals surface area contributed by atoms with Crippen molar-refractivity contribution >= 4 is 5.91 Å². The maximum Gasteiger partial charge on any atom is 0.226 e. The van der Waals surface area contributed by atoms with E-state index in [0.717, 1.165) is 17.5 Å². The smallest absolute Gasteiger partial charge is 0.226 e. The highest BCUT2D eigenvalue weighted by Crippen LogP contribution is 2.48. The largest absolute Gasteiger partial charge is 0.341 e. The first kappa shape index (κ1) is 15.2. The molecule has 0 bridgehead atoms. The molecule has 116 valence electrons. The van der Waals surface area contributed by atoms with Crippen molar-refractivity contribution in [3.63, 3.8) is 0 Å². The molecule has 3 rings (SSSR count). The summed E-state index contributed by atoms with van der Waals surface area (Å²) in [6.07, 6.45) is 0.813. The normalized spacial score (nSPS) is 19.0. The molecule has 1 fully saturated rings. The predicted octanol–water partition coefficient (Wildman–Crippen LogP) is 3.46. The zero-order chi connectivity index (χ0) is 16.4. The Bertz CT molecular complexity index is 764. The molecule has 0 saturated heterocycles. The van der Waals surface area contributed by atoms with Gasteiger partial charge in [0.15, 0.2) is 0 Å². The molecular weight excluding hydrogens is 291 g/mol. The first-order valence-electron chi connectivity index (χ1n) is 7.58. The van der Waals surface area contributed by atoms with Crippen molar-refractivity contribution in [3.05, 3.63) is 71.0 Å². The monoisotopic (exact) mass is 308 g/mol. The number of rotatable bonds is 4. The molecule has 4 heteroatoms. The molecule has 1 saturated carbocycles. The lowest BCUT2D eigenvalue weighted by Crippen LogP contribution is -2.28. The van der Waals surface area contributed by atoms with Crippen molar-refractivity contribution in [1.29, 1.82) is 5.26 Å². The Hall–Kier alpha value is -2.67. The minimum Gasteiger partial charge on any atom is -0.341 e. The molecule has 0 aromatic heterocycles. The van der Waals surface area contributed by atoms with Crippen LogP contribution in [0.1, 0.15) is 29.0 Å². The molecule has 23 heavy (non-hydrogen) atoms. The minimum absolute atomic E-state index is 0.0235. The Labute approximate surface area is 135 Å². The van der Waals surface area contributed by atoms with Gasteiger partial charge in [0, 0.05) is 19.5 Å². The molecule has 0 radical (unpaired) electrons. The standard InChI is InChI=1S/C19H17FN2O/c1-22(12-14-4-2-3-13(9-14)11-21)19(23)18-10-17(18)15-5-7-16(20)8-6-15/h2-9,17-18H,10,12H2,1H3. The fraction of sp³-hybridized carbons (Fsp3) is 0.263. The quantitative estimate of drug-likeness (QED) is 0.868. The van der Waals surface area contributed by atoms with E-state index >= 15 is 0 Å². The van der Waals surface area contributed by atoms with Gasteiger partial charge in [-0.25, -0.2) is 4.39 Å². The number of benzene rings is 2. The van der Waals surface area contributed by atoms with Crippen molar-refractivity contribution in [1.82, 2.24) is 4.90 Å². The third-order valence-corrected chi connectivity index (χ3v) is 4.26. The van der Waals surface area contributed by atoms with E-state index in [1.807, 2.05) is 12.1 Å². The summed E-state index contributed by atoms with van der Waals surface area (Å²) < 4.78 is 13.0. The Balaban J connectivity index is 1.62. The zero-order valence-corrected chi connectivity index (χ0v) is 12.9. The molecule has 0 aliphatic heterocycles. The Morgan fingerprint density at radius 1 is 1.30 bits per heavy atom. The number of hydrogen-bond donors (Lipinski definition) is 0. The van der Waals surface area contributed by atoms with Crippen LogP contribution in [0.4, 0.5) is 4.39 Å². The van der Waals surface area contributed by atoms with Gasteiger partial charge in [-0.15, -0.1) is 0 Å². The van der Waals surface area contributed by atoms with Crippen molar-refractivity contribution in [2.24, 2.45) is 5.92 Å². The summed E-state index contributed by atoms with van der Waals surface area (Å²) in [5, 5.41) is 8.93. The Morgan fingerprint density at radius 3 is 2.74 bits per heavy atom. The van der Waals surface area contributed by atoms with Gasteiger partial charge in [-0.3, -0.25) is 4.79 Å². The molecule has 1 aliphatic rings. The number of nitrogens with zero attached hydrogens (tertiary/aromatic N) is 2. The van der Waals surface area contributed by atoms with E-state index in [-0.39, 0.29) is 23.6 Å². The molecule has 3 nitrogen and oxygen atoms in total. The second-order valence-electron chi connectivity index (χ2n) is 6.01. The van der Waals surface area contributed by atoms with E-state index in [2.05, 4.69) is 6.07 Å². The van der Waals surface area contributed by atoms with Crippen LogP contribution in [0.5, 0.6) is 0 Å². The van der Waals surface area contributed by atoms with Gasteiger partial charge in [0.2, 0.25) is 5.91 Å². The van der Waals surface area contributed by atoms with E-state index in [0.29, 0.717) is 12.1 Å². The summed E-state index contributed by atoms with van der Waals surface area (Å²) in [6.45, 7) is 0.487. The van der Waals surface area contributed by atoms with E-state index in [4.69, 9.17) is 5.26 Å². The average Bonchev–Trinajstić information content (AvgIpc) is 3.35. The van der Waals surface area contributed by atoms with Crippen molar-refractivity contribution in [2.75, 3.05) is 7.05 Å². The maximum absolute atomic E-state index is 13.0. The van der Waals surface area contributed by atoms with Gasteiger partial charge >= 0.3 is 0 Å². The summed E-state index contributed by atoms with van der Waals surface area (Å²) in [4.78, 5) is 14.2. The van der Waals surface area contributed by atoms with E-state index in [1.54, 1.807) is 36.2 Å². The minimum atomic E-state index is -0.258. The lowest BCUT2D eigenvalue weighted by Gasteiger charge is -2.17. The van der Waals surface area contributed by atoms with Crippen LogP contribution in [0.2, 0.25) is 0 Å². The molecule has 2 atom stereocenters. The van der Waals surface area contributed by atoms with Crippen LogP contribution in [-0.4, -0.2) is 17.9 Å². The summed E-state index contributed by atoms with van der Waals surface area (Å²) in [5.74, 6) is 0.00839. The molecule has 0 N–H and O–H groups in total. The Morgan fingerprint density at radius 2 is 2.04 bits per heavy atom. The van der Waals surface area contributed by atoms with Gasteiger partial charge in [0.25, 0.3) is 0 Å². The van der Waals surface area contributed by atoms with Gasteiger partial charge < -0.3 is 4.90 Å². The highest BCUT2D eigenvalue weighted by Gasteiger charge is 2.45. The van der Waals surface area contributed by atoms with Crippen LogP contribution < -0.4 is 0 Å². The van der Waals surface area contributed by atoms with Crippen LogP contribution in [0.3, 0.4) is 0 Å². The number of amides is 1. The topological polar surface area (TPSA) is 44.1 Å². The SMILES string of the molecule is CN(Cc1cccc(C#N)c1)C(=O)C1CC1c1ccc(F)cc1. The first-order chi connectivity index (χ1) is 11.1. The van der Waals surface area contributed by atoms with Gasteiger partial charge in [-0.2, -0.15) is 5.26 Å². The lowest BCUT2D eigenvalue weighted by atomic mass is 10.1. The molecule has 1 amide bonds. The number of halogens is 1. The molecule has 2 aromatic rings. The molecule has 2 aromatic carbocycles. The summed E-state index contributed by atoms with van der Waals surface area (Å²) in [6, 6.07) is 15.8. The third kappa shape index (κ3) is 3.40. The summed E-state index contributed by atoms with van der Waals surface area (Å²) in [5.41, 5.74) is 2.56. The van der Waals surface area contributed by atoms with Gasteiger partial charge in [-0.05, 0) is 47.7 Å². The Kier molecular flexibility index (Phi) is 4.12. The maximum atomic E-state index is 13.0. The van der Waals surface area contributed by atoms with E-state index < -0.39 is 0 Å². The molecule has 1 aliphatic carbocycles. The number of carbonyl (C=O) groups is 1. The highest BCUT2D eigenvalue weighted by atomic mass is 19.1. The average molecular weight is 308 g/mol. The van der Waals surface area contributed by atoms with Gasteiger partial charge in [-0.1, -0.05) is 24.3 Å². The second kappa shape index (κ2) is 6.21.